The first kappa shape index (κ1) is 16.5. The van der Waals surface area contributed by atoms with Gasteiger partial charge < -0.3 is 10.2 Å². The summed E-state index contributed by atoms with van der Waals surface area (Å²) in [4.78, 5) is 11.4. The van der Waals surface area contributed by atoms with Crippen LogP contribution in [-0.2, 0) is 13.1 Å². The first-order chi connectivity index (χ1) is 11.6. The first-order valence-corrected chi connectivity index (χ1v) is 8.36. The predicted molar refractivity (Wildman–Crippen MR) is 96.5 cm³/mol. The third kappa shape index (κ3) is 3.41. The van der Waals surface area contributed by atoms with Crippen molar-refractivity contribution in [1.82, 2.24) is 14.9 Å². The number of nitrogens with zero attached hydrogens (tertiary/aromatic N) is 3. The van der Waals surface area contributed by atoms with Gasteiger partial charge in [-0.05, 0) is 32.4 Å². The van der Waals surface area contributed by atoms with Gasteiger partial charge >= 0.3 is 0 Å². The van der Waals surface area contributed by atoms with Crippen molar-refractivity contribution in [2.45, 2.75) is 40.3 Å². The van der Waals surface area contributed by atoms with E-state index in [2.05, 4.69) is 46.1 Å². The summed E-state index contributed by atoms with van der Waals surface area (Å²) in [5.74, 6) is 2.05. The minimum atomic E-state index is 0.500. The number of fused-ring (bicyclic) bond motifs is 1. The summed E-state index contributed by atoms with van der Waals surface area (Å²) in [6.45, 7) is 8.59. The molecule has 0 amide bonds. The molecule has 0 bridgehead atoms. The molecular weight excluding hydrogens is 300 g/mol. The molecule has 0 aliphatic rings. The molecule has 2 aromatic heterocycles. The molecule has 24 heavy (non-hydrogen) atoms. The summed E-state index contributed by atoms with van der Waals surface area (Å²) in [5, 5.41) is 0.835. The van der Waals surface area contributed by atoms with Gasteiger partial charge in [-0.2, -0.15) is 4.98 Å². The number of hydrogen-bond donors (Lipinski definition) is 1. The van der Waals surface area contributed by atoms with E-state index in [0.29, 0.717) is 23.9 Å². The largest absolute Gasteiger partial charge is 0.443 e. The zero-order valence-corrected chi connectivity index (χ0v) is 14.5. The predicted octanol–water partition coefficient (Wildman–Crippen LogP) is 3.83. The van der Waals surface area contributed by atoms with E-state index in [0.717, 1.165) is 36.2 Å². The number of hydrogen-bond acceptors (Lipinski definition) is 5. The van der Waals surface area contributed by atoms with Crippen LogP contribution in [0.1, 0.15) is 36.1 Å². The molecule has 1 aromatic carbocycles. The fourth-order valence-corrected chi connectivity index (χ4v) is 2.97. The summed E-state index contributed by atoms with van der Waals surface area (Å²) in [5.41, 5.74) is 9.03. The summed E-state index contributed by atoms with van der Waals surface area (Å²) in [6, 6.07) is 10.4. The molecule has 0 saturated heterocycles. The summed E-state index contributed by atoms with van der Waals surface area (Å²) < 4.78 is 5.73. The Balaban J connectivity index is 1.85. The highest BCUT2D eigenvalue weighted by Gasteiger charge is 2.16. The Morgan fingerprint density at radius 2 is 1.83 bits per heavy atom. The number of rotatable bonds is 6. The van der Waals surface area contributed by atoms with Gasteiger partial charge in [0.15, 0.2) is 0 Å². The van der Waals surface area contributed by atoms with Crippen LogP contribution in [-0.4, -0.2) is 21.4 Å². The monoisotopic (exact) mass is 324 g/mol. The summed E-state index contributed by atoms with van der Waals surface area (Å²) in [6.07, 6.45) is 1.07. The zero-order chi connectivity index (χ0) is 17.1. The van der Waals surface area contributed by atoms with Gasteiger partial charge in [0.2, 0.25) is 5.71 Å². The quantitative estimate of drug-likeness (QED) is 0.746. The lowest BCUT2D eigenvalue weighted by Crippen LogP contribution is -2.25. The number of aryl methyl sites for hydroxylation is 2. The number of nitrogen functional groups attached to an aromatic ring is 1. The molecule has 0 aliphatic carbocycles. The smallest absolute Gasteiger partial charge is 0.231 e. The van der Waals surface area contributed by atoms with E-state index in [9.17, 15) is 0 Å². The maximum atomic E-state index is 6.14. The summed E-state index contributed by atoms with van der Waals surface area (Å²) in [7, 11) is 0. The fourth-order valence-electron chi connectivity index (χ4n) is 2.97. The molecule has 0 radical (unpaired) electrons. The molecule has 5 heteroatoms. The molecule has 3 aromatic rings. The van der Waals surface area contributed by atoms with Crippen molar-refractivity contribution < 1.29 is 4.42 Å². The first-order valence-electron chi connectivity index (χ1n) is 8.36. The van der Waals surface area contributed by atoms with Gasteiger partial charge in [0, 0.05) is 12.1 Å². The molecule has 0 spiro atoms. The van der Waals surface area contributed by atoms with E-state index >= 15 is 0 Å². The highest BCUT2D eigenvalue weighted by molar-refractivity contribution is 5.88. The molecule has 126 valence electrons. The molecule has 0 unspecified atom stereocenters. The van der Waals surface area contributed by atoms with Crippen LogP contribution in [0.15, 0.2) is 34.7 Å². The topological polar surface area (TPSA) is 68.2 Å². The van der Waals surface area contributed by atoms with E-state index in [1.165, 1.54) is 5.56 Å². The number of nitrogens with two attached hydrogens (primary N) is 1. The number of anilines is 1. The van der Waals surface area contributed by atoms with Crippen LogP contribution in [0.2, 0.25) is 0 Å². The van der Waals surface area contributed by atoms with Crippen LogP contribution < -0.4 is 5.73 Å². The van der Waals surface area contributed by atoms with Crippen LogP contribution in [0.4, 0.5) is 5.82 Å². The second-order valence-corrected chi connectivity index (χ2v) is 6.18. The van der Waals surface area contributed by atoms with Crippen molar-refractivity contribution in [2.24, 2.45) is 0 Å². The van der Waals surface area contributed by atoms with Crippen LogP contribution in [0.5, 0.6) is 0 Å². The maximum absolute atomic E-state index is 6.14. The average Bonchev–Trinajstić information content (AvgIpc) is 2.83. The highest BCUT2D eigenvalue weighted by atomic mass is 16.3. The van der Waals surface area contributed by atoms with Gasteiger partial charge in [-0.3, -0.25) is 4.90 Å². The van der Waals surface area contributed by atoms with E-state index in [-0.39, 0.29) is 0 Å². The number of aromatic nitrogens is 2. The Morgan fingerprint density at radius 3 is 2.54 bits per heavy atom. The SMILES string of the molecule is CCCN(Cc1ccccc1)Cc1nc(N)c2c(C)c(C)oc2n1. The molecular formula is C19H24N4O. The Morgan fingerprint density at radius 1 is 1.08 bits per heavy atom. The van der Waals surface area contributed by atoms with Crippen molar-refractivity contribution >= 4 is 16.9 Å². The molecule has 0 aliphatic heterocycles. The van der Waals surface area contributed by atoms with E-state index in [4.69, 9.17) is 10.2 Å². The van der Waals surface area contributed by atoms with Crippen LogP contribution >= 0.6 is 0 Å². The van der Waals surface area contributed by atoms with Crippen LogP contribution in [0.25, 0.3) is 11.1 Å². The molecule has 2 N–H and O–H groups in total. The standard InChI is InChI=1S/C19H24N4O/c1-4-10-23(11-15-8-6-5-7-9-15)12-16-21-18(20)17-13(2)14(3)24-19(17)22-16/h5-9H,4,10-12H2,1-3H3,(H2,20,21,22). The maximum Gasteiger partial charge on any atom is 0.231 e. The molecule has 0 saturated carbocycles. The van der Waals surface area contributed by atoms with Crippen LogP contribution in [0, 0.1) is 13.8 Å². The van der Waals surface area contributed by atoms with Crippen molar-refractivity contribution in [3.05, 3.63) is 53.0 Å². The molecule has 5 nitrogen and oxygen atoms in total. The molecule has 0 fully saturated rings. The molecule has 0 atom stereocenters. The molecule has 2 heterocycles. The number of benzene rings is 1. The van der Waals surface area contributed by atoms with Gasteiger partial charge in [0.25, 0.3) is 0 Å². The lowest BCUT2D eigenvalue weighted by atomic mass is 10.2. The second-order valence-electron chi connectivity index (χ2n) is 6.18. The van der Waals surface area contributed by atoms with Crippen molar-refractivity contribution in [1.29, 1.82) is 0 Å². The zero-order valence-electron chi connectivity index (χ0n) is 14.5. The van der Waals surface area contributed by atoms with Gasteiger partial charge in [-0.15, -0.1) is 0 Å². The average molecular weight is 324 g/mol. The Labute approximate surface area is 142 Å². The Kier molecular flexibility index (Phi) is 4.81. The minimum absolute atomic E-state index is 0.500. The lowest BCUT2D eigenvalue weighted by Gasteiger charge is -2.21. The normalized spacial score (nSPS) is 11.5. The highest BCUT2D eigenvalue weighted by Crippen LogP contribution is 2.27. The number of furan rings is 1. The van der Waals surface area contributed by atoms with E-state index < -0.39 is 0 Å². The van der Waals surface area contributed by atoms with Gasteiger partial charge in [-0.25, -0.2) is 4.98 Å². The van der Waals surface area contributed by atoms with Crippen molar-refractivity contribution in [3.63, 3.8) is 0 Å². The fraction of sp³-hybridized carbons (Fsp3) is 0.368. The summed E-state index contributed by atoms with van der Waals surface area (Å²) >= 11 is 0. The van der Waals surface area contributed by atoms with Gasteiger partial charge in [-0.1, -0.05) is 37.3 Å². The van der Waals surface area contributed by atoms with Crippen molar-refractivity contribution in [2.75, 3.05) is 12.3 Å². The third-order valence-electron chi connectivity index (χ3n) is 4.26. The Hall–Kier alpha value is -2.40. The molecule has 3 rings (SSSR count). The van der Waals surface area contributed by atoms with Crippen molar-refractivity contribution in [3.8, 4) is 0 Å². The minimum Gasteiger partial charge on any atom is -0.443 e. The second kappa shape index (κ2) is 7.01. The van der Waals surface area contributed by atoms with Gasteiger partial charge in [0.1, 0.15) is 17.4 Å². The van der Waals surface area contributed by atoms with Crippen LogP contribution in [0.3, 0.4) is 0 Å². The Bertz CT molecular complexity index is 826. The van der Waals surface area contributed by atoms with E-state index in [1.54, 1.807) is 0 Å². The lowest BCUT2D eigenvalue weighted by molar-refractivity contribution is 0.251. The van der Waals surface area contributed by atoms with E-state index in [1.807, 2.05) is 19.9 Å². The van der Waals surface area contributed by atoms with Gasteiger partial charge in [0.05, 0.1) is 11.9 Å². The third-order valence-corrected chi connectivity index (χ3v) is 4.26.